The Bertz CT molecular complexity index is 1230. The van der Waals surface area contributed by atoms with E-state index in [0.717, 1.165) is 6.26 Å². The summed E-state index contributed by atoms with van der Waals surface area (Å²) in [5, 5.41) is 0.504. The predicted molar refractivity (Wildman–Crippen MR) is 119 cm³/mol. The van der Waals surface area contributed by atoms with Crippen LogP contribution in [-0.4, -0.2) is 43.3 Å². The van der Waals surface area contributed by atoms with Crippen LogP contribution in [0.25, 0.3) is 11.0 Å². The molecule has 1 aromatic heterocycles. The maximum atomic E-state index is 13.3. The Balaban J connectivity index is 2.31. The van der Waals surface area contributed by atoms with Gasteiger partial charge in [0.2, 0.25) is 0 Å². The van der Waals surface area contributed by atoms with Crippen molar-refractivity contribution >= 4 is 32.5 Å². The van der Waals surface area contributed by atoms with Crippen LogP contribution < -0.4 is 15.2 Å². The smallest absolute Gasteiger partial charge is 0.329 e. The number of hydrogen-bond acceptors (Lipinski definition) is 5. The first kappa shape index (κ1) is 22.2. The predicted octanol–water partition coefficient (Wildman–Crippen LogP) is 3.52. The van der Waals surface area contributed by atoms with E-state index in [-0.39, 0.29) is 11.4 Å². The third-order valence-electron chi connectivity index (χ3n) is 4.89. The Kier molecular flexibility index (Phi) is 6.47. The first-order chi connectivity index (χ1) is 14.2. The Hall–Kier alpha value is -2.45. The van der Waals surface area contributed by atoms with Crippen molar-refractivity contribution in [3.8, 4) is 11.5 Å². The number of aromatic nitrogens is 2. The first-order valence-corrected chi connectivity index (χ1v) is 12.0. The second-order valence-corrected chi connectivity index (χ2v) is 9.60. The molecule has 0 bridgehead atoms. The van der Waals surface area contributed by atoms with Gasteiger partial charge in [0, 0.05) is 17.8 Å². The third-order valence-corrected chi connectivity index (χ3v) is 6.04. The molecular formula is C21H25ClN2O5S. The van der Waals surface area contributed by atoms with Crippen molar-refractivity contribution in [1.29, 1.82) is 0 Å². The van der Waals surface area contributed by atoms with Crippen LogP contribution >= 0.6 is 11.6 Å². The van der Waals surface area contributed by atoms with Crippen LogP contribution in [0.5, 0.6) is 11.5 Å². The molecule has 0 fully saturated rings. The summed E-state index contributed by atoms with van der Waals surface area (Å²) < 4.78 is 38.7. The summed E-state index contributed by atoms with van der Waals surface area (Å²) in [5.74, 6) is 0.788. The minimum absolute atomic E-state index is 0.240. The van der Waals surface area contributed by atoms with Crippen LogP contribution in [0.1, 0.15) is 25.5 Å². The lowest BCUT2D eigenvalue weighted by atomic mass is 10.1. The highest BCUT2D eigenvalue weighted by Crippen LogP contribution is 2.33. The average Bonchev–Trinajstić information content (AvgIpc) is 2.96. The lowest BCUT2D eigenvalue weighted by Crippen LogP contribution is -2.31. The van der Waals surface area contributed by atoms with E-state index in [4.69, 9.17) is 21.1 Å². The SMILES string of the molecule is CCOc1cc([C@H](CS(C)(=O)=O)n2c(=O)n(CC)c3cc(Cl)ccc32)ccc1OC. The summed E-state index contributed by atoms with van der Waals surface area (Å²) >= 11 is 6.15. The highest BCUT2D eigenvalue weighted by Gasteiger charge is 2.26. The number of ether oxygens (including phenoxy) is 2. The molecule has 0 unspecified atom stereocenters. The molecule has 162 valence electrons. The van der Waals surface area contributed by atoms with Gasteiger partial charge in [-0.1, -0.05) is 17.7 Å². The minimum Gasteiger partial charge on any atom is -0.493 e. The normalized spacial score (nSPS) is 12.8. The topological polar surface area (TPSA) is 79.5 Å². The summed E-state index contributed by atoms with van der Waals surface area (Å²) in [6, 6.07) is 9.62. The Morgan fingerprint density at radius 1 is 1.07 bits per heavy atom. The van der Waals surface area contributed by atoms with Gasteiger partial charge in [0.1, 0.15) is 9.84 Å². The number of benzene rings is 2. The molecule has 0 radical (unpaired) electrons. The van der Waals surface area contributed by atoms with Gasteiger partial charge < -0.3 is 9.47 Å². The van der Waals surface area contributed by atoms with Gasteiger partial charge in [0.05, 0.1) is 36.5 Å². The van der Waals surface area contributed by atoms with Gasteiger partial charge in [-0.3, -0.25) is 9.13 Å². The van der Waals surface area contributed by atoms with Crippen molar-refractivity contribution in [2.24, 2.45) is 0 Å². The van der Waals surface area contributed by atoms with Crippen LogP contribution in [0.4, 0.5) is 0 Å². The fraction of sp³-hybridized carbons (Fsp3) is 0.381. The zero-order valence-electron chi connectivity index (χ0n) is 17.4. The molecule has 0 amide bonds. The number of nitrogens with zero attached hydrogens (tertiary/aromatic N) is 2. The molecule has 1 atom stereocenters. The van der Waals surface area contributed by atoms with E-state index in [1.165, 1.54) is 11.7 Å². The van der Waals surface area contributed by atoms with Gasteiger partial charge in [-0.05, 0) is 49.7 Å². The highest BCUT2D eigenvalue weighted by atomic mass is 35.5. The van der Waals surface area contributed by atoms with E-state index in [0.29, 0.717) is 46.3 Å². The van der Waals surface area contributed by atoms with E-state index in [2.05, 4.69) is 0 Å². The van der Waals surface area contributed by atoms with Crippen molar-refractivity contribution in [3.05, 3.63) is 57.5 Å². The number of hydrogen-bond donors (Lipinski definition) is 0. The number of methoxy groups -OCH3 is 1. The molecule has 0 aliphatic rings. The van der Waals surface area contributed by atoms with E-state index < -0.39 is 15.9 Å². The zero-order valence-corrected chi connectivity index (χ0v) is 19.0. The van der Waals surface area contributed by atoms with Crippen LogP contribution in [0.2, 0.25) is 5.02 Å². The maximum Gasteiger partial charge on any atom is 0.329 e. The lowest BCUT2D eigenvalue weighted by molar-refractivity contribution is 0.310. The first-order valence-electron chi connectivity index (χ1n) is 9.58. The second kappa shape index (κ2) is 8.73. The summed E-state index contributed by atoms with van der Waals surface area (Å²) in [7, 11) is -1.88. The number of sulfone groups is 1. The summed E-state index contributed by atoms with van der Waals surface area (Å²) in [6.45, 7) is 4.56. The molecule has 30 heavy (non-hydrogen) atoms. The van der Waals surface area contributed by atoms with Crippen molar-refractivity contribution < 1.29 is 17.9 Å². The molecule has 3 aromatic rings. The fourth-order valence-electron chi connectivity index (χ4n) is 3.63. The highest BCUT2D eigenvalue weighted by molar-refractivity contribution is 7.90. The molecule has 7 nitrogen and oxygen atoms in total. The molecule has 2 aromatic carbocycles. The largest absolute Gasteiger partial charge is 0.493 e. The second-order valence-electron chi connectivity index (χ2n) is 6.98. The van der Waals surface area contributed by atoms with Crippen molar-refractivity contribution in [3.63, 3.8) is 0 Å². The monoisotopic (exact) mass is 452 g/mol. The maximum absolute atomic E-state index is 13.3. The molecule has 0 spiro atoms. The van der Waals surface area contributed by atoms with Gasteiger partial charge in [-0.25, -0.2) is 13.2 Å². The van der Waals surface area contributed by atoms with Gasteiger partial charge in [0.15, 0.2) is 11.5 Å². The number of aryl methyl sites for hydroxylation is 1. The van der Waals surface area contributed by atoms with Crippen molar-refractivity contribution in [2.45, 2.75) is 26.4 Å². The Labute approximate surface area is 180 Å². The van der Waals surface area contributed by atoms with E-state index >= 15 is 0 Å². The summed E-state index contributed by atoms with van der Waals surface area (Å²) in [5.41, 5.74) is 1.62. The molecule has 0 saturated carbocycles. The number of imidazole rings is 1. The van der Waals surface area contributed by atoms with Gasteiger partial charge >= 0.3 is 5.69 Å². The zero-order chi connectivity index (χ0) is 22.1. The molecule has 0 saturated heterocycles. The fourth-order valence-corrected chi connectivity index (χ4v) is 4.72. The van der Waals surface area contributed by atoms with Crippen LogP contribution in [0, 0.1) is 0 Å². The molecular weight excluding hydrogens is 428 g/mol. The third kappa shape index (κ3) is 4.34. The van der Waals surface area contributed by atoms with Crippen molar-refractivity contribution in [1.82, 2.24) is 9.13 Å². The number of fused-ring (bicyclic) bond motifs is 1. The molecule has 1 heterocycles. The van der Waals surface area contributed by atoms with Gasteiger partial charge in [-0.2, -0.15) is 0 Å². The molecule has 0 aliphatic carbocycles. The van der Waals surface area contributed by atoms with E-state index in [1.54, 1.807) is 41.0 Å². The Morgan fingerprint density at radius 3 is 2.40 bits per heavy atom. The molecule has 9 heteroatoms. The summed E-state index contributed by atoms with van der Waals surface area (Å²) in [4.78, 5) is 13.3. The van der Waals surface area contributed by atoms with Crippen LogP contribution in [0.3, 0.4) is 0 Å². The van der Waals surface area contributed by atoms with E-state index in [1.807, 2.05) is 13.8 Å². The molecule has 0 N–H and O–H groups in total. The van der Waals surface area contributed by atoms with E-state index in [9.17, 15) is 13.2 Å². The van der Waals surface area contributed by atoms with Crippen molar-refractivity contribution in [2.75, 3.05) is 25.7 Å². The Morgan fingerprint density at radius 2 is 1.80 bits per heavy atom. The van der Waals surface area contributed by atoms with Crippen LogP contribution in [0.15, 0.2) is 41.2 Å². The standard InChI is InChI=1S/C21H25ClN2O5S/c1-5-23-17-12-15(22)8-9-16(17)24(21(23)25)18(13-30(4,26)27)14-7-10-19(28-3)20(11-14)29-6-2/h7-12,18H,5-6,13H2,1-4H3/t18-/m0/s1. The minimum atomic E-state index is -3.42. The quantitative estimate of drug-likeness (QED) is 0.522. The molecule has 0 aliphatic heterocycles. The number of halogens is 1. The van der Waals surface area contributed by atoms with Gasteiger partial charge in [-0.15, -0.1) is 0 Å². The van der Waals surface area contributed by atoms with Gasteiger partial charge in [0.25, 0.3) is 0 Å². The molecule has 3 rings (SSSR count). The summed E-state index contributed by atoms with van der Waals surface area (Å²) in [6.07, 6.45) is 1.16. The lowest BCUT2D eigenvalue weighted by Gasteiger charge is -2.20. The average molecular weight is 453 g/mol. The number of rotatable bonds is 8. The van der Waals surface area contributed by atoms with Crippen LogP contribution in [-0.2, 0) is 16.4 Å².